The predicted octanol–water partition coefficient (Wildman–Crippen LogP) is 5.17. The first kappa shape index (κ1) is 17.9. The largest absolute Gasteiger partial charge is 0.353 e. The molecular formula is C21H25N5. The van der Waals surface area contributed by atoms with E-state index in [1.807, 2.05) is 32.0 Å². The van der Waals surface area contributed by atoms with Gasteiger partial charge in [-0.2, -0.15) is 0 Å². The van der Waals surface area contributed by atoms with Crippen molar-refractivity contribution in [1.29, 1.82) is 0 Å². The van der Waals surface area contributed by atoms with Crippen LogP contribution in [0.25, 0.3) is 0 Å². The van der Waals surface area contributed by atoms with E-state index in [1.54, 1.807) is 12.4 Å². The molecule has 0 aliphatic rings. The summed E-state index contributed by atoms with van der Waals surface area (Å²) in [5.41, 5.74) is 6.10. The quantitative estimate of drug-likeness (QED) is 0.644. The summed E-state index contributed by atoms with van der Waals surface area (Å²) >= 11 is 0. The number of aryl methyl sites for hydroxylation is 2. The van der Waals surface area contributed by atoms with Gasteiger partial charge in [-0.25, -0.2) is 9.97 Å². The number of benzene rings is 1. The van der Waals surface area contributed by atoms with Gasteiger partial charge in [0.2, 0.25) is 5.95 Å². The molecule has 0 radical (unpaired) electrons. The van der Waals surface area contributed by atoms with Gasteiger partial charge in [0.25, 0.3) is 0 Å². The Labute approximate surface area is 154 Å². The van der Waals surface area contributed by atoms with Crippen LogP contribution in [0.1, 0.15) is 30.8 Å². The Hall–Kier alpha value is -2.95. The van der Waals surface area contributed by atoms with E-state index in [2.05, 4.69) is 57.6 Å². The minimum absolute atomic E-state index is 0.583. The van der Waals surface area contributed by atoms with Gasteiger partial charge in [0.05, 0.1) is 18.1 Å². The lowest BCUT2D eigenvalue weighted by molar-refractivity contribution is 0.647. The van der Waals surface area contributed by atoms with Crippen molar-refractivity contribution in [1.82, 2.24) is 15.0 Å². The summed E-state index contributed by atoms with van der Waals surface area (Å²) < 4.78 is 0. The highest BCUT2D eigenvalue weighted by molar-refractivity contribution is 5.60. The van der Waals surface area contributed by atoms with Crippen LogP contribution in [0.15, 0.2) is 48.8 Å². The number of aromatic nitrogens is 3. The molecule has 0 saturated heterocycles. The molecule has 0 aliphatic heterocycles. The first-order valence-electron chi connectivity index (χ1n) is 8.88. The van der Waals surface area contributed by atoms with Crippen LogP contribution in [0.4, 0.5) is 23.0 Å². The maximum Gasteiger partial charge on any atom is 0.227 e. The van der Waals surface area contributed by atoms with Gasteiger partial charge in [0.1, 0.15) is 0 Å². The minimum atomic E-state index is 0.583. The summed E-state index contributed by atoms with van der Waals surface area (Å²) in [6, 6.07) is 12.4. The highest BCUT2D eigenvalue weighted by Crippen LogP contribution is 2.20. The van der Waals surface area contributed by atoms with Crippen molar-refractivity contribution in [2.75, 3.05) is 10.6 Å². The zero-order chi connectivity index (χ0) is 18.5. The van der Waals surface area contributed by atoms with Crippen molar-refractivity contribution in [3.8, 4) is 0 Å². The molecule has 2 aromatic heterocycles. The average molecular weight is 347 g/mol. The van der Waals surface area contributed by atoms with Crippen molar-refractivity contribution in [2.45, 2.75) is 34.1 Å². The van der Waals surface area contributed by atoms with Crippen LogP contribution >= 0.6 is 0 Å². The lowest BCUT2D eigenvalue weighted by Gasteiger charge is -2.10. The Morgan fingerprint density at radius 3 is 2.19 bits per heavy atom. The maximum atomic E-state index is 4.41. The number of anilines is 4. The summed E-state index contributed by atoms with van der Waals surface area (Å²) in [7, 11) is 0. The highest BCUT2D eigenvalue weighted by Gasteiger charge is 2.03. The third-order valence-corrected chi connectivity index (χ3v) is 3.85. The van der Waals surface area contributed by atoms with E-state index in [1.165, 1.54) is 5.56 Å². The molecule has 0 atom stereocenters. The predicted molar refractivity (Wildman–Crippen MR) is 107 cm³/mol. The van der Waals surface area contributed by atoms with Crippen LogP contribution in [0.3, 0.4) is 0 Å². The maximum absolute atomic E-state index is 4.41. The smallest absolute Gasteiger partial charge is 0.227 e. The van der Waals surface area contributed by atoms with E-state index < -0.39 is 0 Å². The van der Waals surface area contributed by atoms with Gasteiger partial charge < -0.3 is 10.6 Å². The van der Waals surface area contributed by atoms with Crippen molar-refractivity contribution >= 4 is 23.0 Å². The number of hydrogen-bond acceptors (Lipinski definition) is 5. The SMILES string of the molecule is Cc1cc(Nc2cnc(Nc3cccc(CC(C)C)c3)nc2)cc(C)n1. The second-order valence-electron chi connectivity index (χ2n) is 6.98. The zero-order valence-corrected chi connectivity index (χ0v) is 15.7. The van der Waals surface area contributed by atoms with Gasteiger partial charge in [-0.3, -0.25) is 4.98 Å². The summed E-state index contributed by atoms with van der Waals surface area (Å²) in [5.74, 6) is 1.21. The molecule has 0 amide bonds. The van der Waals surface area contributed by atoms with Crippen molar-refractivity contribution < 1.29 is 0 Å². The fraction of sp³-hybridized carbons (Fsp3) is 0.286. The van der Waals surface area contributed by atoms with Crippen LogP contribution in [0.5, 0.6) is 0 Å². The summed E-state index contributed by atoms with van der Waals surface area (Å²) in [6.07, 6.45) is 4.61. The fourth-order valence-electron chi connectivity index (χ4n) is 2.91. The molecule has 0 fully saturated rings. The van der Waals surface area contributed by atoms with Crippen molar-refractivity contribution in [2.24, 2.45) is 5.92 Å². The van der Waals surface area contributed by atoms with E-state index in [9.17, 15) is 0 Å². The topological polar surface area (TPSA) is 62.7 Å². The van der Waals surface area contributed by atoms with Crippen molar-refractivity contribution in [3.63, 3.8) is 0 Å². The Balaban J connectivity index is 1.68. The van der Waals surface area contributed by atoms with Gasteiger partial charge in [-0.15, -0.1) is 0 Å². The molecule has 0 bridgehead atoms. The third kappa shape index (κ3) is 5.02. The summed E-state index contributed by atoms with van der Waals surface area (Å²) in [5, 5.41) is 6.58. The number of rotatable bonds is 6. The molecule has 5 nitrogen and oxygen atoms in total. The molecule has 0 aliphatic carbocycles. The number of nitrogens with zero attached hydrogens (tertiary/aromatic N) is 3. The standard InChI is InChI=1S/C21H25N5/c1-14(2)8-17-6-5-7-18(11-17)26-21-22-12-20(13-23-21)25-19-9-15(3)24-16(4)10-19/h5-7,9-14H,8H2,1-4H3,(H,24,25)(H,22,23,26). The van der Waals surface area contributed by atoms with Crippen LogP contribution in [-0.4, -0.2) is 15.0 Å². The van der Waals surface area contributed by atoms with E-state index in [0.29, 0.717) is 11.9 Å². The Bertz CT molecular complexity index is 852. The molecule has 0 unspecified atom stereocenters. The highest BCUT2D eigenvalue weighted by atomic mass is 15.1. The molecule has 3 rings (SSSR count). The van der Waals surface area contributed by atoms with Gasteiger partial charge in [0.15, 0.2) is 0 Å². The molecule has 0 spiro atoms. The monoisotopic (exact) mass is 347 g/mol. The van der Waals surface area contributed by atoms with Gasteiger partial charge in [-0.1, -0.05) is 26.0 Å². The Kier molecular flexibility index (Phi) is 5.46. The third-order valence-electron chi connectivity index (χ3n) is 3.85. The van der Waals surface area contributed by atoms with Crippen LogP contribution in [0, 0.1) is 19.8 Å². The Morgan fingerprint density at radius 1 is 0.846 bits per heavy atom. The first-order chi connectivity index (χ1) is 12.5. The Morgan fingerprint density at radius 2 is 1.54 bits per heavy atom. The fourth-order valence-corrected chi connectivity index (χ4v) is 2.91. The summed E-state index contributed by atoms with van der Waals surface area (Å²) in [4.78, 5) is 13.2. The molecule has 2 heterocycles. The van der Waals surface area contributed by atoms with E-state index in [0.717, 1.165) is 34.9 Å². The average Bonchev–Trinajstić information content (AvgIpc) is 2.55. The normalized spacial score (nSPS) is 10.8. The molecule has 26 heavy (non-hydrogen) atoms. The first-order valence-corrected chi connectivity index (χ1v) is 8.88. The molecule has 134 valence electrons. The molecular weight excluding hydrogens is 322 g/mol. The summed E-state index contributed by atoms with van der Waals surface area (Å²) in [6.45, 7) is 8.41. The van der Waals surface area contributed by atoms with Gasteiger partial charge in [0, 0.05) is 22.8 Å². The van der Waals surface area contributed by atoms with E-state index >= 15 is 0 Å². The number of hydrogen-bond donors (Lipinski definition) is 2. The van der Waals surface area contributed by atoms with Gasteiger partial charge in [-0.05, 0) is 56.0 Å². The van der Waals surface area contributed by atoms with Gasteiger partial charge >= 0.3 is 0 Å². The van der Waals surface area contributed by atoms with E-state index in [4.69, 9.17) is 0 Å². The number of pyridine rings is 1. The second kappa shape index (κ2) is 7.95. The van der Waals surface area contributed by atoms with E-state index in [-0.39, 0.29) is 0 Å². The minimum Gasteiger partial charge on any atom is -0.353 e. The molecule has 3 aromatic rings. The lowest BCUT2D eigenvalue weighted by Crippen LogP contribution is -2.00. The molecule has 0 saturated carbocycles. The number of nitrogens with one attached hydrogen (secondary N) is 2. The molecule has 1 aromatic carbocycles. The van der Waals surface area contributed by atoms with Crippen LogP contribution in [-0.2, 0) is 6.42 Å². The van der Waals surface area contributed by atoms with Crippen LogP contribution < -0.4 is 10.6 Å². The second-order valence-corrected chi connectivity index (χ2v) is 6.98. The zero-order valence-electron chi connectivity index (χ0n) is 15.7. The van der Waals surface area contributed by atoms with Crippen LogP contribution in [0.2, 0.25) is 0 Å². The van der Waals surface area contributed by atoms with Crippen molar-refractivity contribution in [3.05, 3.63) is 65.7 Å². The lowest BCUT2D eigenvalue weighted by atomic mass is 10.0. The molecule has 2 N–H and O–H groups in total. The molecule has 5 heteroatoms.